The van der Waals surface area contributed by atoms with E-state index in [9.17, 15) is 9.90 Å². The summed E-state index contributed by atoms with van der Waals surface area (Å²) in [5, 5.41) is 9.92. The van der Waals surface area contributed by atoms with Crippen molar-refractivity contribution in [3.63, 3.8) is 0 Å². The first-order chi connectivity index (χ1) is 10.9. The summed E-state index contributed by atoms with van der Waals surface area (Å²) in [6.45, 7) is 3.39. The number of benzene rings is 2. The van der Waals surface area contributed by atoms with Crippen LogP contribution in [-0.2, 0) is 9.53 Å². The van der Waals surface area contributed by atoms with Crippen LogP contribution in [-0.4, -0.2) is 29.3 Å². The molecule has 4 nitrogen and oxygen atoms in total. The van der Waals surface area contributed by atoms with Gasteiger partial charge in [0.15, 0.2) is 6.10 Å². The van der Waals surface area contributed by atoms with Crippen LogP contribution in [0.3, 0.4) is 0 Å². The van der Waals surface area contributed by atoms with Crippen molar-refractivity contribution in [1.29, 1.82) is 0 Å². The summed E-state index contributed by atoms with van der Waals surface area (Å²) >= 11 is 0. The van der Waals surface area contributed by atoms with Crippen molar-refractivity contribution >= 4 is 5.97 Å². The van der Waals surface area contributed by atoms with Gasteiger partial charge in [0.2, 0.25) is 0 Å². The predicted octanol–water partition coefficient (Wildman–Crippen LogP) is 2.44. The van der Waals surface area contributed by atoms with E-state index in [1.807, 2.05) is 24.3 Å². The number of hydrogen-bond acceptors (Lipinski definition) is 4. The minimum Gasteiger partial charge on any atom is -0.463 e. The second kappa shape index (κ2) is 5.80. The molecule has 0 radical (unpaired) electrons. The molecule has 0 aliphatic heterocycles. The van der Waals surface area contributed by atoms with Gasteiger partial charge < -0.3 is 15.6 Å². The van der Waals surface area contributed by atoms with E-state index >= 15 is 0 Å². The molecule has 0 bridgehead atoms. The van der Waals surface area contributed by atoms with Crippen LogP contribution < -0.4 is 5.73 Å². The van der Waals surface area contributed by atoms with Crippen LogP contribution in [0.1, 0.15) is 30.9 Å². The van der Waals surface area contributed by atoms with Gasteiger partial charge >= 0.3 is 5.97 Å². The zero-order valence-electron chi connectivity index (χ0n) is 13.3. The molecule has 0 saturated carbocycles. The molecule has 0 amide bonds. The Morgan fingerprint density at radius 2 is 1.61 bits per heavy atom. The zero-order valence-corrected chi connectivity index (χ0v) is 13.3. The average molecular weight is 311 g/mol. The van der Waals surface area contributed by atoms with Crippen molar-refractivity contribution in [2.45, 2.75) is 31.4 Å². The van der Waals surface area contributed by atoms with E-state index < -0.39 is 17.6 Å². The standard InChI is InChI=1S/C19H21NO3/c1-19(2,20)17(21)18(22)23-11-16-14-9-5-3-7-12(14)13-8-4-6-10-15(13)16/h3-10,16-17,21H,11,20H2,1-2H3. The van der Waals surface area contributed by atoms with Crippen molar-refractivity contribution in [3.05, 3.63) is 59.7 Å². The van der Waals surface area contributed by atoms with Crippen LogP contribution in [0, 0.1) is 0 Å². The normalized spacial score (nSPS) is 15.0. The molecule has 23 heavy (non-hydrogen) atoms. The minimum atomic E-state index is -1.34. The Balaban J connectivity index is 1.83. The van der Waals surface area contributed by atoms with E-state index in [0.29, 0.717) is 0 Å². The van der Waals surface area contributed by atoms with E-state index in [2.05, 4.69) is 24.3 Å². The first-order valence-corrected chi connectivity index (χ1v) is 7.71. The maximum absolute atomic E-state index is 12.0. The van der Waals surface area contributed by atoms with Crippen LogP contribution in [0.15, 0.2) is 48.5 Å². The summed E-state index contributed by atoms with van der Waals surface area (Å²) in [4.78, 5) is 12.0. The highest BCUT2D eigenvalue weighted by atomic mass is 16.5. The second-order valence-electron chi connectivity index (χ2n) is 6.58. The number of aliphatic hydroxyl groups excluding tert-OH is 1. The third kappa shape index (κ3) is 2.87. The highest BCUT2D eigenvalue weighted by Gasteiger charge is 2.33. The number of carbonyl (C=O) groups excluding carboxylic acids is 1. The molecule has 120 valence electrons. The van der Waals surface area contributed by atoms with Gasteiger partial charge in [-0.3, -0.25) is 0 Å². The number of aliphatic hydroxyl groups is 1. The molecule has 0 heterocycles. The van der Waals surface area contributed by atoms with Crippen molar-refractivity contribution in [2.24, 2.45) is 5.73 Å². The van der Waals surface area contributed by atoms with Gasteiger partial charge in [0.1, 0.15) is 6.61 Å². The second-order valence-corrected chi connectivity index (χ2v) is 6.58. The Hall–Kier alpha value is -2.17. The molecule has 2 aromatic carbocycles. The largest absolute Gasteiger partial charge is 0.463 e. The van der Waals surface area contributed by atoms with Crippen LogP contribution in [0.25, 0.3) is 11.1 Å². The Kier molecular flexibility index (Phi) is 3.96. The summed E-state index contributed by atoms with van der Waals surface area (Å²) in [6, 6.07) is 16.2. The van der Waals surface area contributed by atoms with Crippen LogP contribution in [0.4, 0.5) is 0 Å². The lowest BCUT2D eigenvalue weighted by Gasteiger charge is -2.24. The van der Waals surface area contributed by atoms with Gasteiger partial charge in [0.05, 0.1) is 0 Å². The molecular formula is C19H21NO3. The lowest BCUT2D eigenvalue weighted by Crippen LogP contribution is -2.50. The van der Waals surface area contributed by atoms with E-state index in [4.69, 9.17) is 10.5 Å². The van der Waals surface area contributed by atoms with Crippen molar-refractivity contribution < 1.29 is 14.6 Å². The fourth-order valence-electron chi connectivity index (χ4n) is 2.99. The Labute approximate surface area is 135 Å². The van der Waals surface area contributed by atoms with Crippen molar-refractivity contribution in [3.8, 4) is 11.1 Å². The molecule has 3 rings (SSSR count). The Morgan fingerprint density at radius 1 is 1.13 bits per heavy atom. The lowest BCUT2D eigenvalue weighted by molar-refractivity contribution is -0.156. The van der Waals surface area contributed by atoms with Gasteiger partial charge in [-0.25, -0.2) is 4.79 Å². The monoisotopic (exact) mass is 311 g/mol. The number of ether oxygens (including phenoxy) is 1. The van der Waals surface area contributed by atoms with Gasteiger partial charge in [-0.05, 0) is 36.1 Å². The maximum Gasteiger partial charge on any atom is 0.336 e. The molecule has 3 N–H and O–H groups in total. The van der Waals surface area contributed by atoms with Gasteiger partial charge in [-0.2, -0.15) is 0 Å². The zero-order chi connectivity index (χ0) is 16.6. The molecule has 1 aliphatic carbocycles. The highest BCUT2D eigenvalue weighted by molar-refractivity contribution is 5.79. The number of carbonyl (C=O) groups is 1. The summed E-state index contributed by atoms with van der Waals surface area (Å²) in [6.07, 6.45) is -1.34. The smallest absolute Gasteiger partial charge is 0.336 e. The molecule has 0 aromatic heterocycles. The van der Waals surface area contributed by atoms with E-state index in [0.717, 1.165) is 11.1 Å². The average Bonchev–Trinajstić information content (AvgIpc) is 2.85. The molecule has 0 saturated heterocycles. The lowest BCUT2D eigenvalue weighted by atomic mass is 9.97. The number of esters is 1. The molecule has 4 heteroatoms. The maximum atomic E-state index is 12.0. The van der Waals surface area contributed by atoms with E-state index in [1.165, 1.54) is 11.1 Å². The number of rotatable bonds is 4. The van der Waals surface area contributed by atoms with Crippen LogP contribution in [0.5, 0.6) is 0 Å². The molecular weight excluding hydrogens is 290 g/mol. The first kappa shape index (κ1) is 15.7. The summed E-state index contributed by atoms with van der Waals surface area (Å²) in [5.74, 6) is -0.696. The molecule has 1 atom stereocenters. The van der Waals surface area contributed by atoms with E-state index in [1.54, 1.807) is 13.8 Å². The van der Waals surface area contributed by atoms with Crippen LogP contribution >= 0.6 is 0 Å². The molecule has 0 spiro atoms. The molecule has 0 fully saturated rings. The SMILES string of the molecule is CC(C)(N)C(O)C(=O)OCC1c2ccccc2-c2ccccc21. The fourth-order valence-corrected chi connectivity index (χ4v) is 2.99. The van der Waals surface area contributed by atoms with Gasteiger partial charge in [-0.15, -0.1) is 0 Å². The Bertz CT molecular complexity index is 688. The third-order valence-electron chi connectivity index (χ3n) is 4.28. The van der Waals surface area contributed by atoms with Gasteiger partial charge in [-0.1, -0.05) is 48.5 Å². The van der Waals surface area contributed by atoms with E-state index in [-0.39, 0.29) is 12.5 Å². The van der Waals surface area contributed by atoms with Crippen LogP contribution in [0.2, 0.25) is 0 Å². The van der Waals surface area contributed by atoms with Gasteiger partial charge in [0.25, 0.3) is 0 Å². The molecule has 2 aromatic rings. The van der Waals surface area contributed by atoms with Crippen molar-refractivity contribution in [2.75, 3.05) is 6.61 Å². The topological polar surface area (TPSA) is 72.5 Å². The number of nitrogens with two attached hydrogens (primary N) is 1. The third-order valence-corrected chi connectivity index (χ3v) is 4.28. The Morgan fingerprint density at radius 3 is 2.09 bits per heavy atom. The summed E-state index contributed by atoms with van der Waals surface area (Å²) in [7, 11) is 0. The fraction of sp³-hybridized carbons (Fsp3) is 0.316. The summed E-state index contributed by atoms with van der Waals surface area (Å²) < 4.78 is 5.36. The number of fused-ring (bicyclic) bond motifs is 3. The molecule has 1 aliphatic rings. The molecule has 1 unspecified atom stereocenters. The summed E-state index contributed by atoms with van der Waals surface area (Å²) in [5.41, 5.74) is 9.36. The quantitative estimate of drug-likeness (QED) is 0.851. The number of hydrogen-bond donors (Lipinski definition) is 2. The highest BCUT2D eigenvalue weighted by Crippen LogP contribution is 2.44. The first-order valence-electron chi connectivity index (χ1n) is 7.71. The van der Waals surface area contributed by atoms with Crippen molar-refractivity contribution in [1.82, 2.24) is 0 Å². The van der Waals surface area contributed by atoms with Gasteiger partial charge in [0, 0.05) is 11.5 Å². The predicted molar refractivity (Wildman–Crippen MR) is 89.0 cm³/mol. The minimum absolute atomic E-state index is 0.0144.